The second kappa shape index (κ2) is 6.08. The van der Waals surface area contributed by atoms with E-state index in [1.54, 1.807) is 6.92 Å². The molecule has 0 saturated heterocycles. The second-order valence-electron chi connectivity index (χ2n) is 1.37. The summed E-state index contributed by atoms with van der Waals surface area (Å²) in [4.78, 5) is 9.82. The van der Waals surface area contributed by atoms with Crippen LogP contribution >= 0.6 is 0 Å². The van der Waals surface area contributed by atoms with Crippen molar-refractivity contribution >= 4 is 16.4 Å². The Kier molecular flexibility index (Phi) is 7.16. The minimum absolute atomic E-state index is 0.211. The highest BCUT2D eigenvalue weighted by atomic mass is 32.3. The summed E-state index contributed by atoms with van der Waals surface area (Å²) >= 11 is 0. The molecule has 0 aromatic heterocycles. The van der Waals surface area contributed by atoms with Crippen LogP contribution in [0.2, 0.25) is 0 Å². The Morgan fingerprint density at radius 2 is 1.73 bits per heavy atom. The average molecular weight is 186 g/mol. The average Bonchev–Trinajstić information content (AvgIpc) is 1.58. The zero-order chi connectivity index (χ0) is 9.49. The van der Waals surface area contributed by atoms with Crippen molar-refractivity contribution in [2.45, 2.75) is 13.8 Å². The van der Waals surface area contributed by atoms with Gasteiger partial charge in [0.2, 0.25) is 0 Å². The zero-order valence-electron chi connectivity index (χ0n) is 6.14. The van der Waals surface area contributed by atoms with Gasteiger partial charge in [0.05, 0.1) is 6.61 Å². The van der Waals surface area contributed by atoms with Crippen molar-refractivity contribution in [3.63, 3.8) is 0 Å². The largest absolute Gasteiger partial charge is 0.466 e. The Morgan fingerprint density at radius 1 is 1.45 bits per heavy atom. The molecule has 0 amide bonds. The summed E-state index contributed by atoms with van der Waals surface area (Å²) in [5, 5.41) is 0. The summed E-state index contributed by atoms with van der Waals surface area (Å²) in [6.07, 6.45) is 0. The van der Waals surface area contributed by atoms with E-state index in [0.29, 0.717) is 6.61 Å². The number of carbonyl (C=O) groups excluding carboxylic acids is 1. The van der Waals surface area contributed by atoms with Crippen LogP contribution in [0.3, 0.4) is 0 Å². The lowest BCUT2D eigenvalue weighted by Crippen LogP contribution is -1.95. The number of carbonyl (C=O) groups is 1. The fourth-order valence-electron chi connectivity index (χ4n) is 0.203. The molecule has 0 unspecified atom stereocenters. The van der Waals surface area contributed by atoms with Gasteiger partial charge in [0, 0.05) is 6.92 Å². The van der Waals surface area contributed by atoms with E-state index in [2.05, 4.69) is 4.74 Å². The van der Waals surface area contributed by atoms with Gasteiger partial charge >= 0.3 is 16.4 Å². The highest BCUT2D eigenvalue weighted by Gasteiger charge is 1.84. The van der Waals surface area contributed by atoms with Gasteiger partial charge in [-0.15, -0.1) is 0 Å². The molecule has 0 heterocycles. The lowest BCUT2D eigenvalue weighted by molar-refractivity contribution is -0.140. The summed E-state index contributed by atoms with van der Waals surface area (Å²) in [5.74, 6) is -0.211. The predicted octanol–water partition coefficient (Wildman–Crippen LogP) is -0.0834. The van der Waals surface area contributed by atoms with E-state index in [0.717, 1.165) is 0 Å². The Morgan fingerprint density at radius 3 is 1.73 bits per heavy atom. The van der Waals surface area contributed by atoms with Gasteiger partial charge < -0.3 is 4.74 Å². The number of hydrogen-bond acceptors (Lipinski definition) is 4. The second-order valence-corrected chi connectivity index (χ2v) is 2.27. The number of hydrogen-bond donors (Lipinski definition) is 2. The molecule has 0 aliphatic heterocycles. The standard InChI is InChI=1S/C4H8O2.H2O4S/c1-3-6-4(2)5;1-5(2,3)4/h3H2,1-2H3;(H2,1,2,3,4). The molecule has 0 fully saturated rings. The minimum Gasteiger partial charge on any atom is -0.466 e. The lowest BCUT2D eigenvalue weighted by atomic mass is 10.8. The van der Waals surface area contributed by atoms with Gasteiger partial charge in [-0.05, 0) is 6.92 Å². The molecule has 0 saturated carbocycles. The molecule has 0 atom stereocenters. The van der Waals surface area contributed by atoms with Gasteiger partial charge in [-0.1, -0.05) is 0 Å². The van der Waals surface area contributed by atoms with Crippen LogP contribution in [-0.4, -0.2) is 30.1 Å². The molecule has 0 rings (SSSR count). The maximum atomic E-state index is 9.82. The molecule has 6 nitrogen and oxygen atoms in total. The first-order valence-corrected chi connectivity index (χ1v) is 4.00. The van der Waals surface area contributed by atoms with Gasteiger partial charge in [-0.25, -0.2) is 0 Å². The van der Waals surface area contributed by atoms with Gasteiger partial charge in [0.1, 0.15) is 0 Å². The highest BCUT2D eigenvalue weighted by Crippen LogP contribution is 1.69. The fourth-order valence-corrected chi connectivity index (χ4v) is 0.203. The quantitative estimate of drug-likeness (QED) is 0.438. The lowest BCUT2D eigenvalue weighted by Gasteiger charge is -1.89. The first-order valence-electron chi connectivity index (χ1n) is 2.60. The molecular weight excluding hydrogens is 176 g/mol. The third-order valence-electron chi connectivity index (χ3n) is 0.348. The third kappa shape index (κ3) is 91.9. The molecular formula is C4H10O6S. The van der Waals surface area contributed by atoms with Crippen LogP contribution in [-0.2, 0) is 19.9 Å². The monoisotopic (exact) mass is 186 g/mol. The van der Waals surface area contributed by atoms with Gasteiger partial charge in [-0.2, -0.15) is 8.42 Å². The summed E-state index contributed by atoms with van der Waals surface area (Å²) in [6.45, 7) is 3.65. The van der Waals surface area contributed by atoms with Gasteiger partial charge in [0.25, 0.3) is 0 Å². The number of rotatable bonds is 1. The Hall–Kier alpha value is -0.660. The van der Waals surface area contributed by atoms with Crippen molar-refractivity contribution in [3.8, 4) is 0 Å². The van der Waals surface area contributed by atoms with Crippen LogP contribution in [0.15, 0.2) is 0 Å². The van der Waals surface area contributed by atoms with Crippen LogP contribution in [0.4, 0.5) is 0 Å². The molecule has 0 aliphatic rings. The summed E-state index contributed by atoms with van der Waals surface area (Å²) in [5.41, 5.74) is 0. The molecule has 0 aliphatic carbocycles. The zero-order valence-corrected chi connectivity index (χ0v) is 6.96. The number of esters is 1. The maximum Gasteiger partial charge on any atom is 0.394 e. The summed E-state index contributed by atoms with van der Waals surface area (Å²) in [6, 6.07) is 0. The van der Waals surface area contributed by atoms with Crippen LogP contribution in [0, 0.1) is 0 Å². The normalized spacial score (nSPS) is 9.45. The van der Waals surface area contributed by atoms with E-state index in [1.165, 1.54) is 6.92 Å². The van der Waals surface area contributed by atoms with Crippen LogP contribution < -0.4 is 0 Å². The maximum absolute atomic E-state index is 9.82. The number of ether oxygens (including phenoxy) is 1. The molecule has 0 bridgehead atoms. The molecule has 0 aromatic rings. The van der Waals surface area contributed by atoms with Crippen molar-refractivity contribution in [1.82, 2.24) is 0 Å². The van der Waals surface area contributed by atoms with E-state index in [4.69, 9.17) is 17.5 Å². The first kappa shape index (κ1) is 13.0. The Labute approximate surface area is 64.7 Å². The molecule has 0 spiro atoms. The fraction of sp³-hybridized carbons (Fsp3) is 0.750. The van der Waals surface area contributed by atoms with Crippen LogP contribution in [0.1, 0.15) is 13.8 Å². The van der Waals surface area contributed by atoms with Crippen LogP contribution in [0.25, 0.3) is 0 Å². The Bertz CT molecular complexity index is 185. The summed E-state index contributed by atoms with van der Waals surface area (Å²) < 4.78 is 36.0. The molecule has 68 valence electrons. The van der Waals surface area contributed by atoms with Crippen molar-refractivity contribution < 1.29 is 27.1 Å². The summed E-state index contributed by atoms with van der Waals surface area (Å²) in [7, 11) is -4.67. The van der Waals surface area contributed by atoms with Crippen molar-refractivity contribution in [2.75, 3.05) is 6.61 Å². The van der Waals surface area contributed by atoms with E-state index in [1.807, 2.05) is 0 Å². The first-order chi connectivity index (χ1) is 4.77. The SMILES string of the molecule is CCOC(C)=O.O=S(=O)(O)O. The molecule has 0 aromatic carbocycles. The Balaban J connectivity index is 0. The third-order valence-corrected chi connectivity index (χ3v) is 0.348. The van der Waals surface area contributed by atoms with Crippen molar-refractivity contribution in [1.29, 1.82) is 0 Å². The molecule has 0 radical (unpaired) electrons. The van der Waals surface area contributed by atoms with E-state index >= 15 is 0 Å². The predicted molar refractivity (Wildman–Crippen MR) is 36.5 cm³/mol. The van der Waals surface area contributed by atoms with Crippen LogP contribution in [0.5, 0.6) is 0 Å². The molecule has 2 N–H and O–H groups in total. The van der Waals surface area contributed by atoms with E-state index in [9.17, 15) is 4.79 Å². The molecule has 7 heteroatoms. The minimum atomic E-state index is -4.67. The van der Waals surface area contributed by atoms with E-state index < -0.39 is 10.4 Å². The van der Waals surface area contributed by atoms with Gasteiger partial charge in [-0.3, -0.25) is 13.9 Å². The smallest absolute Gasteiger partial charge is 0.394 e. The van der Waals surface area contributed by atoms with Crippen molar-refractivity contribution in [3.05, 3.63) is 0 Å². The van der Waals surface area contributed by atoms with Crippen molar-refractivity contribution in [2.24, 2.45) is 0 Å². The van der Waals surface area contributed by atoms with E-state index in [-0.39, 0.29) is 5.97 Å². The van der Waals surface area contributed by atoms with Gasteiger partial charge in [0.15, 0.2) is 0 Å². The highest BCUT2D eigenvalue weighted by molar-refractivity contribution is 7.79. The molecule has 11 heavy (non-hydrogen) atoms. The topological polar surface area (TPSA) is 101 Å².